The monoisotopic (exact) mass is 303 g/mol. The minimum atomic E-state index is -2.19. The molecule has 0 aromatic carbocycles. The van der Waals surface area contributed by atoms with Crippen molar-refractivity contribution in [1.82, 2.24) is 4.90 Å². The molecule has 0 saturated heterocycles. The van der Waals surface area contributed by atoms with E-state index in [0.717, 1.165) is 0 Å². The Hall–Kier alpha value is -0.171. The number of nitrogens with zero attached hydrogens (tertiary/aromatic N) is 1. The molecule has 0 bridgehead atoms. The first-order chi connectivity index (χ1) is 6.51. The third kappa shape index (κ3) is 3.91. The predicted molar refractivity (Wildman–Crippen MR) is 63.7 cm³/mol. The summed E-state index contributed by atoms with van der Waals surface area (Å²) in [5.74, 6) is 2.75. The van der Waals surface area contributed by atoms with Gasteiger partial charge in [0.15, 0.2) is 0 Å². The minimum absolute atomic E-state index is 0.0542. The second-order valence-electron chi connectivity index (χ2n) is 3.79. The van der Waals surface area contributed by atoms with E-state index in [1.54, 1.807) is 19.0 Å². The van der Waals surface area contributed by atoms with Gasteiger partial charge in [-0.05, 0) is 0 Å². The standard InChI is InChI=1S/C5H6NO.3C2H5.Sn/c1-4-5(7)6(2)3;3*1-2;/h2-3H3;3*1H2,2H3;. The van der Waals surface area contributed by atoms with Gasteiger partial charge in [0.05, 0.1) is 0 Å². The molecule has 14 heavy (non-hydrogen) atoms. The summed E-state index contributed by atoms with van der Waals surface area (Å²) in [6, 6.07) is 0. The van der Waals surface area contributed by atoms with E-state index in [0.29, 0.717) is 0 Å². The van der Waals surface area contributed by atoms with E-state index < -0.39 is 18.4 Å². The molecule has 0 rings (SSSR count). The fourth-order valence-corrected chi connectivity index (χ4v) is 8.17. The van der Waals surface area contributed by atoms with E-state index in [4.69, 9.17) is 0 Å². The average molecular weight is 302 g/mol. The van der Waals surface area contributed by atoms with Crippen LogP contribution in [0.15, 0.2) is 0 Å². The average Bonchev–Trinajstić information content (AvgIpc) is 2.20. The Labute approximate surface area is 91.9 Å². The summed E-state index contributed by atoms with van der Waals surface area (Å²) < 4.78 is 6.99. The van der Waals surface area contributed by atoms with Gasteiger partial charge >= 0.3 is 92.0 Å². The zero-order valence-corrected chi connectivity index (χ0v) is 12.8. The molecule has 2 nitrogen and oxygen atoms in total. The Morgan fingerprint density at radius 2 is 1.57 bits per heavy atom. The van der Waals surface area contributed by atoms with Gasteiger partial charge < -0.3 is 0 Å². The van der Waals surface area contributed by atoms with E-state index in [1.165, 1.54) is 13.3 Å². The van der Waals surface area contributed by atoms with Crippen molar-refractivity contribution in [2.75, 3.05) is 14.1 Å². The SMILES string of the molecule is C[CH2][Sn]([C]#CC(=O)N(C)C)([CH2]C)[CH2]C. The van der Waals surface area contributed by atoms with E-state index in [-0.39, 0.29) is 5.91 Å². The maximum absolute atomic E-state index is 11.3. The molecule has 0 aliphatic carbocycles. The molecule has 0 heterocycles. The summed E-state index contributed by atoms with van der Waals surface area (Å²) in [4.78, 5) is 12.9. The zero-order chi connectivity index (χ0) is 11.2. The van der Waals surface area contributed by atoms with Crippen LogP contribution in [0, 0.1) is 9.86 Å². The maximum atomic E-state index is 11.3. The number of hydrogen-bond acceptors (Lipinski definition) is 1. The molecule has 1 amide bonds. The van der Waals surface area contributed by atoms with Gasteiger partial charge in [-0.15, -0.1) is 0 Å². The Morgan fingerprint density at radius 1 is 1.14 bits per heavy atom. The number of hydrogen-bond donors (Lipinski definition) is 0. The van der Waals surface area contributed by atoms with Gasteiger partial charge in [0.2, 0.25) is 0 Å². The third-order valence-electron chi connectivity index (χ3n) is 2.87. The molecule has 0 atom stereocenters. The molecule has 0 aromatic heterocycles. The second-order valence-corrected chi connectivity index (χ2v) is 17.9. The fraction of sp³-hybridized carbons (Fsp3) is 0.727. The number of rotatable bonds is 3. The number of carbonyl (C=O) groups is 1. The van der Waals surface area contributed by atoms with Gasteiger partial charge in [-0.25, -0.2) is 0 Å². The fourth-order valence-electron chi connectivity index (χ4n) is 1.31. The van der Waals surface area contributed by atoms with E-state index in [2.05, 4.69) is 30.6 Å². The molecule has 0 aliphatic heterocycles. The van der Waals surface area contributed by atoms with Gasteiger partial charge in [-0.2, -0.15) is 0 Å². The van der Waals surface area contributed by atoms with E-state index in [1.807, 2.05) is 0 Å². The Kier molecular flexibility index (Phi) is 6.26. The quantitative estimate of drug-likeness (QED) is 0.578. The molecule has 0 unspecified atom stereocenters. The van der Waals surface area contributed by atoms with E-state index in [9.17, 15) is 4.79 Å². The molecule has 3 heteroatoms. The van der Waals surface area contributed by atoms with Gasteiger partial charge in [-0.1, -0.05) is 0 Å². The zero-order valence-electron chi connectivity index (χ0n) is 9.98. The van der Waals surface area contributed by atoms with Crippen LogP contribution in [-0.2, 0) is 4.79 Å². The summed E-state index contributed by atoms with van der Waals surface area (Å²) in [7, 11) is 3.50. The predicted octanol–water partition coefficient (Wildman–Crippen LogP) is 2.13. The van der Waals surface area contributed by atoms with Crippen molar-refractivity contribution in [1.29, 1.82) is 0 Å². The topological polar surface area (TPSA) is 20.3 Å². The molecule has 0 fully saturated rings. The van der Waals surface area contributed by atoms with Crippen molar-refractivity contribution in [3.63, 3.8) is 0 Å². The van der Waals surface area contributed by atoms with Crippen molar-refractivity contribution in [2.45, 2.75) is 34.1 Å². The van der Waals surface area contributed by atoms with Gasteiger partial charge in [-0.3, -0.25) is 0 Å². The van der Waals surface area contributed by atoms with Crippen LogP contribution in [0.5, 0.6) is 0 Å². The van der Waals surface area contributed by atoms with Crippen molar-refractivity contribution >= 4 is 24.3 Å². The Morgan fingerprint density at radius 3 is 1.86 bits per heavy atom. The number of amides is 1. The van der Waals surface area contributed by atoms with Crippen LogP contribution < -0.4 is 0 Å². The van der Waals surface area contributed by atoms with Crippen LogP contribution in [0.25, 0.3) is 0 Å². The first-order valence-electron chi connectivity index (χ1n) is 5.25. The third-order valence-corrected chi connectivity index (χ3v) is 16.3. The summed E-state index contributed by atoms with van der Waals surface area (Å²) in [5, 5.41) is 0. The first kappa shape index (κ1) is 13.8. The normalized spacial score (nSPS) is 10.4. The van der Waals surface area contributed by atoms with Crippen LogP contribution in [0.4, 0.5) is 0 Å². The summed E-state index contributed by atoms with van der Waals surface area (Å²) in [5.41, 5.74) is 0. The molecular formula is C11H21NOSn. The second kappa shape index (κ2) is 6.34. The Balaban J connectivity index is 4.66. The van der Waals surface area contributed by atoms with Crippen LogP contribution in [0.2, 0.25) is 13.3 Å². The Bertz CT molecular complexity index is 237. The molecule has 0 N–H and O–H groups in total. The van der Waals surface area contributed by atoms with Crippen LogP contribution in [0.1, 0.15) is 20.8 Å². The van der Waals surface area contributed by atoms with Crippen molar-refractivity contribution < 1.29 is 4.79 Å². The van der Waals surface area contributed by atoms with Gasteiger partial charge in [0.25, 0.3) is 0 Å². The first-order valence-corrected chi connectivity index (χ1v) is 12.7. The van der Waals surface area contributed by atoms with Crippen LogP contribution in [0.3, 0.4) is 0 Å². The van der Waals surface area contributed by atoms with Gasteiger partial charge in [0.1, 0.15) is 0 Å². The molecule has 0 aliphatic rings. The van der Waals surface area contributed by atoms with Crippen molar-refractivity contribution in [3.05, 3.63) is 0 Å². The molecular weight excluding hydrogens is 281 g/mol. The summed E-state index contributed by atoms with van der Waals surface area (Å²) in [6.07, 6.45) is 0. The van der Waals surface area contributed by atoms with Crippen LogP contribution >= 0.6 is 0 Å². The molecule has 0 aromatic rings. The van der Waals surface area contributed by atoms with Crippen molar-refractivity contribution in [2.24, 2.45) is 0 Å². The molecule has 0 saturated carbocycles. The molecule has 0 spiro atoms. The molecule has 80 valence electrons. The number of carbonyl (C=O) groups excluding carboxylic acids is 1. The summed E-state index contributed by atoms with van der Waals surface area (Å²) >= 11 is -2.19. The van der Waals surface area contributed by atoms with Crippen LogP contribution in [-0.4, -0.2) is 43.3 Å². The van der Waals surface area contributed by atoms with Gasteiger partial charge in [0, 0.05) is 0 Å². The molecule has 0 radical (unpaired) electrons. The summed E-state index contributed by atoms with van der Waals surface area (Å²) in [6.45, 7) is 6.66. The van der Waals surface area contributed by atoms with Crippen molar-refractivity contribution in [3.8, 4) is 9.86 Å². The van der Waals surface area contributed by atoms with E-state index >= 15 is 0 Å².